The minimum atomic E-state index is -0.0526. The highest BCUT2D eigenvalue weighted by molar-refractivity contribution is 7.13. The molecule has 22 heavy (non-hydrogen) atoms. The largest absolute Gasteiger partial charge is 0.345 e. The molecule has 1 atom stereocenters. The minimum absolute atomic E-state index is 0.0147. The maximum Gasteiger partial charge on any atom is 0.318 e. The summed E-state index contributed by atoms with van der Waals surface area (Å²) in [6, 6.07) is -0.0673. The van der Waals surface area contributed by atoms with Gasteiger partial charge < -0.3 is 15.1 Å². The molecule has 0 spiro atoms. The molecule has 0 aliphatic carbocycles. The van der Waals surface area contributed by atoms with Crippen LogP contribution in [0.5, 0.6) is 0 Å². The topological polar surface area (TPSA) is 61.4 Å². The van der Waals surface area contributed by atoms with Crippen LogP contribution in [0, 0.1) is 6.92 Å². The zero-order chi connectivity index (χ0) is 15.5. The lowest BCUT2D eigenvalue weighted by Crippen LogP contribution is -2.52. The van der Waals surface area contributed by atoms with Gasteiger partial charge in [-0.3, -0.25) is 0 Å². The fourth-order valence-corrected chi connectivity index (χ4v) is 3.88. The van der Waals surface area contributed by atoms with Gasteiger partial charge in [-0.15, -0.1) is 22.7 Å². The van der Waals surface area contributed by atoms with Gasteiger partial charge in [0.05, 0.1) is 6.04 Å². The number of thiazole rings is 2. The van der Waals surface area contributed by atoms with Crippen LogP contribution in [0.4, 0.5) is 9.93 Å². The molecule has 1 aliphatic heterocycles. The number of amides is 2. The predicted octanol–water partition coefficient (Wildman–Crippen LogP) is 2.50. The summed E-state index contributed by atoms with van der Waals surface area (Å²) in [5.41, 5.74) is 0.998. The maximum atomic E-state index is 12.3. The molecule has 1 aliphatic rings. The summed E-state index contributed by atoms with van der Waals surface area (Å²) >= 11 is 3.22. The number of urea groups is 1. The number of nitrogens with zero attached hydrogens (tertiary/aromatic N) is 4. The zero-order valence-electron chi connectivity index (χ0n) is 12.7. The van der Waals surface area contributed by atoms with E-state index in [1.807, 2.05) is 35.7 Å². The van der Waals surface area contributed by atoms with Crippen LogP contribution in [-0.4, -0.2) is 47.1 Å². The summed E-state index contributed by atoms with van der Waals surface area (Å²) in [6.45, 7) is 7.02. The number of carbonyl (C=O) groups excluding carboxylic acids is 1. The summed E-state index contributed by atoms with van der Waals surface area (Å²) in [4.78, 5) is 25.2. The van der Waals surface area contributed by atoms with E-state index in [-0.39, 0.29) is 12.1 Å². The Morgan fingerprint density at radius 1 is 1.32 bits per heavy atom. The van der Waals surface area contributed by atoms with Crippen LogP contribution < -0.4 is 10.2 Å². The third kappa shape index (κ3) is 3.38. The molecule has 3 rings (SSSR count). The van der Waals surface area contributed by atoms with Crippen LogP contribution >= 0.6 is 22.7 Å². The summed E-state index contributed by atoms with van der Waals surface area (Å²) in [5, 5.41) is 9.00. The number of hydrogen-bond acceptors (Lipinski definition) is 6. The molecule has 2 aromatic rings. The van der Waals surface area contributed by atoms with Crippen molar-refractivity contribution in [3.05, 3.63) is 27.7 Å². The Bertz CT molecular complexity index is 619. The lowest BCUT2D eigenvalue weighted by atomic mass is 10.3. The number of aromatic nitrogens is 2. The van der Waals surface area contributed by atoms with E-state index in [1.54, 1.807) is 22.7 Å². The molecule has 1 saturated heterocycles. The van der Waals surface area contributed by atoms with Crippen LogP contribution in [0.3, 0.4) is 0 Å². The first-order valence-corrected chi connectivity index (χ1v) is 9.01. The number of anilines is 1. The van der Waals surface area contributed by atoms with Gasteiger partial charge in [0, 0.05) is 48.8 Å². The number of rotatable bonds is 3. The summed E-state index contributed by atoms with van der Waals surface area (Å²) in [5.74, 6) is 0. The Labute approximate surface area is 137 Å². The number of nitrogens with one attached hydrogen (secondary N) is 1. The molecule has 118 valence electrons. The van der Waals surface area contributed by atoms with Crippen molar-refractivity contribution in [1.29, 1.82) is 0 Å². The fraction of sp³-hybridized carbons (Fsp3) is 0.500. The fourth-order valence-electron chi connectivity index (χ4n) is 2.38. The van der Waals surface area contributed by atoms with Crippen LogP contribution in [0.1, 0.15) is 23.7 Å². The van der Waals surface area contributed by atoms with E-state index in [0.29, 0.717) is 0 Å². The molecule has 6 nitrogen and oxygen atoms in total. The normalized spacial score (nSPS) is 16.6. The minimum Gasteiger partial charge on any atom is -0.345 e. The highest BCUT2D eigenvalue weighted by Gasteiger charge is 2.23. The SMILES string of the molecule is Cc1csc(C(C)NC(=O)N2CCN(c3nccs3)CC2)n1. The molecule has 8 heteroatoms. The molecule has 2 amide bonds. The average molecular weight is 337 g/mol. The van der Waals surface area contributed by atoms with Crippen LogP contribution in [0.25, 0.3) is 0 Å². The van der Waals surface area contributed by atoms with Gasteiger partial charge in [0.15, 0.2) is 5.13 Å². The quantitative estimate of drug-likeness (QED) is 0.935. The summed E-state index contributed by atoms with van der Waals surface area (Å²) < 4.78 is 0. The average Bonchev–Trinajstić information content (AvgIpc) is 3.18. The molecule has 1 fully saturated rings. The molecule has 0 saturated carbocycles. The second-order valence-corrected chi connectivity index (χ2v) is 7.05. The van der Waals surface area contributed by atoms with Gasteiger partial charge in [0.25, 0.3) is 0 Å². The van der Waals surface area contributed by atoms with Crippen molar-refractivity contribution >= 4 is 33.8 Å². The highest BCUT2D eigenvalue weighted by atomic mass is 32.1. The van der Waals surface area contributed by atoms with Crippen molar-refractivity contribution in [2.45, 2.75) is 19.9 Å². The Balaban J connectivity index is 1.51. The summed E-state index contributed by atoms with van der Waals surface area (Å²) in [7, 11) is 0. The van der Waals surface area contributed by atoms with E-state index in [9.17, 15) is 4.79 Å². The van der Waals surface area contributed by atoms with Gasteiger partial charge in [-0.05, 0) is 13.8 Å². The Kier molecular flexibility index (Phi) is 4.58. The molecule has 1 unspecified atom stereocenters. The van der Waals surface area contributed by atoms with E-state index in [1.165, 1.54) is 0 Å². The number of carbonyl (C=O) groups is 1. The number of aryl methyl sites for hydroxylation is 1. The van der Waals surface area contributed by atoms with Gasteiger partial charge in [0.1, 0.15) is 5.01 Å². The number of piperazine rings is 1. The Hall–Kier alpha value is -1.67. The smallest absolute Gasteiger partial charge is 0.318 e. The standard InChI is InChI=1S/C14H19N5OS2/c1-10-9-22-12(16-10)11(2)17-13(20)18-4-6-19(7-5-18)14-15-3-8-21-14/h3,8-9,11H,4-7H2,1-2H3,(H,17,20). The third-order valence-electron chi connectivity index (χ3n) is 3.60. The molecular formula is C14H19N5OS2. The van der Waals surface area contributed by atoms with E-state index in [4.69, 9.17) is 0 Å². The molecule has 0 aromatic carbocycles. The van der Waals surface area contributed by atoms with Gasteiger partial charge in [0.2, 0.25) is 0 Å². The van der Waals surface area contributed by atoms with Crippen molar-refractivity contribution in [2.75, 3.05) is 31.1 Å². The van der Waals surface area contributed by atoms with Gasteiger partial charge >= 0.3 is 6.03 Å². The first-order chi connectivity index (χ1) is 10.6. The van der Waals surface area contributed by atoms with Crippen molar-refractivity contribution in [3.8, 4) is 0 Å². The molecule has 2 aromatic heterocycles. The molecule has 3 heterocycles. The van der Waals surface area contributed by atoms with Crippen molar-refractivity contribution < 1.29 is 4.79 Å². The van der Waals surface area contributed by atoms with Gasteiger partial charge in [-0.2, -0.15) is 0 Å². The van der Waals surface area contributed by atoms with Crippen molar-refractivity contribution in [3.63, 3.8) is 0 Å². The first kappa shape index (κ1) is 15.2. The Morgan fingerprint density at radius 3 is 2.68 bits per heavy atom. The third-order valence-corrected chi connectivity index (χ3v) is 5.58. The second kappa shape index (κ2) is 6.62. The highest BCUT2D eigenvalue weighted by Crippen LogP contribution is 2.20. The van der Waals surface area contributed by atoms with E-state index < -0.39 is 0 Å². The predicted molar refractivity (Wildman–Crippen MR) is 89.7 cm³/mol. The Morgan fingerprint density at radius 2 is 2.09 bits per heavy atom. The molecule has 0 radical (unpaired) electrons. The molecule has 0 bridgehead atoms. The molecular weight excluding hydrogens is 318 g/mol. The number of hydrogen-bond donors (Lipinski definition) is 1. The van der Waals surface area contributed by atoms with Gasteiger partial charge in [-0.25, -0.2) is 14.8 Å². The second-order valence-electron chi connectivity index (χ2n) is 5.29. The van der Waals surface area contributed by atoms with Crippen LogP contribution in [0.2, 0.25) is 0 Å². The summed E-state index contributed by atoms with van der Waals surface area (Å²) in [6.07, 6.45) is 1.82. The maximum absolute atomic E-state index is 12.3. The van der Waals surface area contributed by atoms with Crippen molar-refractivity contribution in [1.82, 2.24) is 20.2 Å². The zero-order valence-corrected chi connectivity index (χ0v) is 14.3. The van der Waals surface area contributed by atoms with E-state index >= 15 is 0 Å². The van der Waals surface area contributed by atoms with E-state index in [2.05, 4.69) is 20.2 Å². The van der Waals surface area contributed by atoms with E-state index in [0.717, 1.165) is 42.0 Å². The van der Waals surface area contributed by atoms with Gasteiger partial charge in [-0.1, -0.05) is 0 Å². The molecule has 1 N–H and O–H groups in total. The van der Waals surface area contributed by atoms with Crippen LogP contribution in [0.15, 0.2) is 17.0 Å². The van der Waals surface area contributed by atoms with Crippen LogP contribution in [-0.2, 0) is 0 Å². The first-order valence-electron chi connectivity index (χ1n) is 7.25. The lowest BCUT2D eigenvalue weighted by Gasteiger charge is -2.35. The monoisotopic (exact) mass is 337 g/mol. The van der Waals surface area contributed by atoms with Crippen molar-refractivity contribution in [2.24, 2.45) is 0 Å². The lowest BCUT2D eigenvalue weighted by molar-refractivity contribution is 0.191.